The topological polar surface area (TPSA) is 42.0 Å². The lowest BCUT2D eigenvalue weighted by Crippen LogP contribution is -2.19. The Kier molecular flexibility index (Phi) is 6.07. The smallest absolute Gasteiger partial charge is 0.326 e. The van der Waals surface area contributed by atoms with Gasteiger partial charge >= 0.3 is 6.18 Å². The highest BCUT2D eigenvalue weighted by Gasteiger charge is 2.32. The van der Waals surface area contributed by atoms with Gasteiger partial charge in [0.2, 0.25) is 5.91 Å². The van der Waals surface area contributed by atoms with Crippen molar-refractivity contribution in [2.24, 2.45) is 0 Å². The van der Waals surface area contributed by atoms with Gasteiger partial charge in [0.15, 0.2) is 0 Å². The van der Waals surface area contributed by atoms with Gasteiger partial charge in [0.25, 0.3) is 0 Å². The van der Waals surface area contributed by atoms with Gasteiger partial charge in [-0.3, -0.25) is 9.78 Å². The number of alkyl halides is 3. The summed E-state index contributed by atoms with van der Waals surface area (Å²) in [5.41, 5.74) is 2.95. The number of pyridine rings is 1. The average Bonchev–Trinajstić information content (AvgIpc) is 2.66. The van der Waals surface area contributed by atoms with E-state index in [0.717, 1.165) is 29.0 Å². The second-order valence-corrected chi connectivity index (χ2v) is 7.66. The number of nitrogens with one attached hydrogen (secondary N) is 1. The SMILES string of the molecule is Cc1cc(-c2ccc(NC(=O)C(C)c3cc(Br)cc(C(F)(F)F)c3)cc2)ccn1. The highest BCUT2D eigenvalue weighted by Crippen LogP contribution is 2.34. The van der Waals surface area contributed by atoms with E-state index in [1.54, 1.807) is 25.3 Å². The number of carbonyl (C=O) groups excluding carboxylic acids is 1. The highest BCUT2D eigenvalue weighted by atomic mass is 79.9. The van der Waals surface area contributed by atoms with Crippen molar-refractivity contribution in [3.05, 3.63) is 82.1 Å². The number of amides is 1. The van der Waals surface area contributed by atoms with Crippen LogP contribution in [0, 0.1) is 6.92 Å². The van der Waals surface area contributed by atoms with E-state index in [1.165, 1.54) is 6.07 Å². The van der Waals surface area contributed by atoms with E-state index < -0.39 is 17.7 Å². The first-order valence-electron chi connectivity index (χ1n) is 8.85. The van der Waals surface area contributed by atoms with Crippen molar-refractivity contribution in [2.75, 3.05) is 5.32 Å². The minimum atomic E-state index is -4.48. The maximum absolute atomic E-state index is 13.0. The van der Waals surface area contributed by atoms with E-state index in [4.69, 9.17) is 0 Å². The standard InChI is InChI=1S/C22H18BrF3N2O/c1-13-9-16(7-8-27-13)15-3-5-20(6-4-15)28-21(29)14(2)17-10-18(22(24,25)26)12-19(23)11-17/h3-12,14H,1-2H3,(H,28,29). The van der Waals surface area contributed by atoms with Crippen LogP contribution >= 0.6 is 15.9 Å². The van der Waals surface area contributed by atoms with E-state index in [0.29, 0.717) is 5.69 Å². The monoisotopic (exact) mass is 462 g/mol. The molecule has 3 rings (SSSR count). The minimum Gasteiger partial charge on any atom is -0.326 e. The molecule has 1 aromatic heterocycles. The van der Waals surface area contributed by atoms with Crippen molar-refractivity contribution in [1.29, 1.82) is 0 Å². The summed E-state index contributed by atoms with van der Waals surface area (Å²) in [6.07, 6.45) is -2.74. The number of aryl methyl sites for hydroxylation is 1. The van der Waals surface area contributed by atoms with Gasteiger partial charge in [-0.25, -0.2) is 0 Å². The van der Waals surface area contributed by atoms with Gasteiger partial charge < -0.3 is 5.32 Å². The molecule has 0 spiro atoms. The molecule has 0 aliphatic heterocycles. The molecule has 0 fully saturated rings. The highest BCUT2D eigenvalue weighted by molar-refractivity contribution is 9.10. The van der Waals surface area contributed by atoms with Gasteiger partial charge in [0, 0.05) is 22.1 Å². The fourth-order valence-electron chi connectivity index (χ4n) is 2.90. The van der Waals surface area contributed by atoms with Crippen molar-refractivity contribution >= 4 is 27.5 Å². The van der Waals surface area contributed by atoms with E-state index >= 15 is 0 Å². The van der Waals surface area contributed by atoms with Crippen LogP contribution in [0.4, 0.5) is 18.9 Å². The van der Waals surface area contributed by atoms with Crippen molar-refractivity contribution < 1.29 is 18.0 Å². The summed E-state index contributed by atoms with van der Waals surface area (Å²) in [4.78, 5) is 16.7. The molecule has 2 aromatic carbocycles. The molecule has 1 unspecified atom stereocenters. The number of hydrogen-bond donors (Lipinski definition) is 1. The van der Waals surface area contributed by atoms with E-state index in [9.17, 15) is 18.0 Å². The number of nitrogens with zero attached hydrogens (tertiary/aromatic N) is 1. The maximum atomic E-state index is 13.0. The zero-order valence-electron chi connectivity index (χ0n) is 15.7. The zero-order valence-corrected chi connectivity index (χ0v) is 17.3. The fraction of sp³-hybridized carbons (Fsp3) is 0.182. The molecule has 0 radical (unpaired) electrons. The van der Waals surface area contributed by atoms with Crippen LogP contribution in [0.3, 0.4) is 0 Å². The van der Waals surface area contributed by atoms with Gasteiger partial charge in [-0.05, 0) is 73.0 Å². The van der Waals surface area contributed by atoms with Gasteiger partial charge in [-0.2, -0.15) is 13.2 Å². The molecule has 1 heterocycles. The van der Waals surface area contributed by atoms with E-state index in [-0.39, 0.29) is 15.9 Å². The zero-order chi connectivity index (χ0) is 21.2. The summed E-state index contributed by atoms with van der Waals surface area (Å²) in [5, 5.41) is 2.76. The number of carbonyl (C=O) groups is 1. The molecule has 1 amide bonds. The lowest BCUT2D eigenvalue weighted by molar-refractivity contribution is -0.137. The molecule has 0 saturated heterocycles. The van der Waals surface area contributed by atoms with Gasteiger partial charge in [-0.15, -0.1) is 0 Å². The van der Waals surface area contributed by atoms with Crippen LogP contribution in [-0.2, 0) is 11.0 Å². The van der Waals surface area contributed by atoms with Gasteiger partial charge in [0.05, 0.1) is 11.5 Å². The first-order valence-corrected chi connectivity index (χ1v) is 9.64. The summed E-state index contributed by atoms with van der Waals surface area (Å²) in [7, 11) is 0. The Bertz CT molecular complexity index is 1030. The molecule has 0 aliphatic rings. The van der Waals surface area contributed by atoms with Crippen molar-refractivity contribution in [3.8, 4) is 11.1 Å². The molecule has 3 aromatic rings. The van der Waals surface area contributed by atoms with Gasteiger partial charge in [-0.1, -0.05) is 28.1 Å². The Hall–Kier alpha value is -2.67. The van der Waals surface area contributed by atoms with E-state index in [2.05, 4.69) is 26.2 Å². The number of anilines is 1. The second-order valence-electron chi connectivity index (χ2n) is 6.75. The summed E-state index contributed by atoms with van der Waals surface area (Å²) in [6.45, 7) is 3.48. The number of benzene rings is 2. The second kappa shape index (κ2) is 8.37. The average molecular weight is 463 g/mol. The molecule has 3 nitrogen and oxygen atoms in total. The van der Waals surface area contributed by atoms with E-state index in [1.807, 2.05) is 31.2 Å². The Morgan fingerprint density at radius 3 is 2.34 bits per heavy atom. The predicted molar refractivity (Wildman–Crippen MR) is 111 cm³/mol. The van der Waals surface area contributed by atoms with Gasteiger partial charge in [0.1, 0.15) is 0 Å². The van der Waals surface area contributed by atoms with Crippen molar-refractivity contribution in [3.63, 3.8) is 0 Å². The largest absolute Gasteiger partial charge is 0.416 e. The number of rotatable bonds is 4. The molecule has 1 atom stereocenters. The molecule has 1 N–H and O–H groups in total. The molecule has 0 saturated carbocycles. The molecule has 150 valence electrons. The fourth-order valence-corrected chi connectivity index (χ4v) is 3.41. The van der Waals surface area contributed by atoms with Crippen molar-refractivity contribution in [1.82, 2.24) is 4.98 Å². The first-order chi connectivity index (χ1) is 13.6. The number of aromatic nitrogens is 1. The Balaban J connectivity index is 1.75. The number of hydrogen-bond acceptors (Lipinski definition) is 2. The lowest BCUT2D eigenvalue weighted by Gasteiger charge is -2.16. The van der Waals surface area contributed by atoms with Crippen LogP contribution in [0.15, 0.2) is 65.3 Å². The molecule has 0 aliphatic carbocycles. The third-order valence-electron chi connectivity index (χ3n) is 4.52. The molecule has 7 heteroatoms. The van der Waals surface area contributed by atoms with Crippen LogP contribution in [0.5, 0.6) is 0 Å². The lowest BCUT2D eigenvalue weighted by atomic mass is 9.98. The molecular weight excluding hydrogens is 445 g/mol. The van der Waals surface area contributed by atoms with Crippen molar-refractivity contribution in [2.45, 2.75) is 25.9 Å². The Morgan fingerprint density at radius 1 is 1.03 bits per heavy atom. The predicted octanol–water partition coefficient (Wildman–Crippen LogP) is 6.58. The first kappa shape index (κ1) is 21.0. The Morgan fingerprint density at radius 2 is 1.72 bits per heavy atom. The maximum Gasteiger partial charge on any atom is 0.416 e. The molecular formula is C22H18BrF3N2O. The summed E-state index contributed by atoms with van der Waals surface area (Å²) in [6, 6.07) is 14.6. The van der Waals surface area contributed by atoms with Crippen LogP contribution < -0.4 is 5.32 Å². The number of halogens is 4. The summed E-state index contributed by atoms with van der Waals surface area (Å²) >= 11 is 3.09. The normalized spacial score (nSPS) is 12.5. The quantitative estimate of drug-likeness (QED) is 0.475. The third kappa shape index (κ3) is 5.23. The molecule has 0 bridgehead atoms. The minimum absolute atomic E-state index is 0.277. The van der Waals surface area contributed by atoms with Crippen LogP contribution in [-0.4, -0.2) is 10.9 Å². The molecule has 29 heavy (non-hydrogen) atoms. The van der Waals surface area contributed by atoms with Crippen LogP contribution in [0.2, 0.25) is 0 Å². The Labute approximate surface area is 175 Å². The van der Waals surface area contributed by atoms with Crippen LogP contribution in [0.1, 0.15) is 29.7 Å². The third-order valence-corrected chi connectivity index (χ3v) is 4.98. The summed E-state index contributed by atoms with van der Waals surface area (Å²) < 4.78 is 39.4. The summed E-state index contributed by atoms with van der Waals surface area (Å²) in [5.74, 6) is -1.14. The van der Waals surface area contributed by atoms with Crippen LogP contribution in [0.25, 0.3) is 11.1 Å².